The number of anilines is 1. The van der Waals surface area contributed by atoms with E-state index in [1.165, 1.54) is 18.3 Å². The number of aryl methyl sites for hydroxylation is 1. The molecule has 0 spiro atoms. The van der Waals surface area contributed by atoms with Gasteiger partial charge in [0.25, 0.3) is 5.91 Å². The summed E-state index contributed by atoms with van der Waals surface area (Å²) in [6, 6.07) is 16.7. The average Bonchev–Trinajstić information content (AvgIpc) is 3.00. The number of aromatic nitrogens is 1. The van der Waals surface area contributed by atoms with Crippen molar-refractivity contribution in [3.05, 3.63) is 83.4 Å². The van der Waals surface area contributed by atoms with E-state index in [0.29, 0.717) is 0 Å². The molecule has 0 aliphatic heterocycles. The van der Waals surface area contributed by atoms with Crippen LogP contribution in [0.15, 0.2) is 65.8 Å². The van der Waals surface area contributed by atoms with Gasteiger partial charge in [0.2, 0.25) is 10.0 Å². The van der Waals surface area contributed by atoms with Crippen molar-refractivity contribution in [3.63, 3.8) is 0 Å². The van der Waals surface area contributed by atoms with Gasteiger partial charge < -0.3 is 4.57 Å². The first-order valence-electron chi connectivity index (χ1n) is 9.46. The molecule has 0 aliphatic rings. The number of halogens is 1. The lowest BCUT2D eigenvalue weighted by Gasteiger charge is -2.21. The summed E-state index contributed by atoms with van der Waals surface area (Å²) in [5.41, 5.74) is 6.34. The Morgan fingerprint density at radius 3 is 2.39 bits per heavy atom. The van der Waals surface area contributed by atoms with E-state index in [4.69, 9.17) is 0 Å². The van der Waals surface area contributed by atoms with Crippen LogP contribution in [0.25, 0.3) is 5.69 Å². The molecule has 1 heterocycles. The van der Waals surface area contributed by atoms with Crippen molar-refractivity contribution >= 4 is 27.8 Å². The number of hydrazone groups is 1. The Balaban J connectivity index is 1.72. The molecule has 0 aliphatic carbocycles. The predicted molar refractivity (Wildman–Crippen MR) is 120 cm³/mol. The molecule has 9 heteroatoms. The van der Waals surface area contributed by atoms with Crippen LogP contribution in [-0.2, 0) is 14.8 Å². The Hall–Kier alpha value is -3.46. The molecule has 0 fully saturated rings. The summed E-state index contributed by atoms with van der Waals surface area (Å²) in [7, 11) is -3.75. The maximum absolute atomic E-state index is 13.1. The number of carbonyl (C=O) groups excluding carboxylic acids is 1. The summed E-state index contributed by atoms with van der Waals surface area (Å²) in [6.45, 7) is 3.44. The standard InChI is InChI=1S/C22H23FN4O3S/c1-16-13-18(17(2)27(16)21-7-5-4-6-8-21)14-24-25-22(28)15-26(31(3,29)30)20-11-9-19(23)10-12-20/h4-14H,15H2,1-3H3,(H,25,28)/b24-14-. The summed E-state index contributed by atoms with van der Waals surface area (Å²) in [4.78, 5) is 12.3. The molecule has 1 N–H and O–H groups in total. The number of nitrogens with one attached hydrogen (secondary N) is 1. The van der Waals surface area contributed by atoms with Gasteiger partial charge in [-0.1, -0.05) is 18.2 Å². The van der Waals surface area contributed by atoms with Crippen molar-refractivity contribution in [1.82, 2.24) is 9.99 Å². The van der Waals surface area contributed by atoms with Crippen molar-refractivity contribution < 1.29 is 17.6 Å². The molecule has 0 unspecified atom stereocenters. The van der Waals surface area contributed by atoms with E-state index in [1.807, 2.05) is 50.2 Å². The van der Waals surface area contributed by atoms with Gasteiger partial charge >= 0.3 is 0 Å². The van der Waals surface area contributed by atoms with Gasteiger partial charge in [0.15, 0.2) is 0 Å². The van der Waals surface area contributed by atoms with Crippen molar-refractivity contribution in [2.45, 2.75) is 13.8 Å². The highest BCUT2D eigenvalue weighted by atomic mass is 32.2. The van der Waals surface area contributed by atoms with E-state index >= 15 is 0 Å². The molecule has 3 aromatic rings. The highest BCUT2D eigenvalue weighted by molar-refractivity contribution is 7.92. The zero-order valence-electron chi connectivity index (χ0n) is 17.4. The molecular weight excluding hydrogens is 419 g/mol. The van der Waals surface area contributed by atoms with Gasteiger partial charge in [-0.2, -0.15) is 5.10 Å². The lowest BCUT2D eigenvalue weighted by Crippen LogP contribution is -2.39. The minimum absolute atomic E-state index is 0.189. The molecule has 2 aromatic carbocycles. The van der Waals surface area contributed by atoms with Crippen LogP contribution in [0.2, 0.25) is 0 Å². The Morgan fingerprint density at radius 2 is 1.77 bits per heavy atom. The van der Waals surface area contributed by atoms with Crippen molar-refractivity contribution in [1.29, 1.82) is 0 Å². The largest absolute Gasteiger partial charge is 0.318 e. The van der Waals surface area contributed by atoms with Crippen molar-refractivity contribution in [3.8, 4) is 5.69 Å². The SMILES string of the molecule is Cc1cc(/C=N\NC(=O)CN(c2ccc(F)cc2)S(C)(=O)=O)c(C)n1-c1ccccc1. The molecule has 31 heavy (non-hydrogen) atoms. The molecular formula is C22H23FN4O3S. The van der Waals surface area contributed by atoms with Crippen LogP contribution in [0.5, 0.6) is 0 Å². The molecule has 7 nitrogen and oxygen atoms in total. The normalized spacial score (nSPS) is 11.6. The molecule has 162 valence electrons. The third-order valence-corrected chi connectivity index (χ3v) is 5.82. The van der Waals surface area contributed by atoms with Crippen LogP contribution >= 0.6 is 0 Å². The summed E-state index contributed by atoms with van der Waals surface area (Å²) >= 11 is 0. The average molecular weight is 443 g/mol. The van der Waals surface area contributed by atoms with E-state index in [2.05, 4.69) is 15.1 Å². The quantitative estimate of drug-likeness (QED) is 0.451. The fourth-order valence-electron chi connectivity index (χ4n) is 3.24. The number of nitrogens with zero attached hydrogens (tertiary/aromatic N) is 3. The number of rotatable bonds is 7. The van der Waals surface area contributed by atoms with Gasteiger partial charge in [-0.15, -0.1) is 0 Å². The molecule has 1 amide bonds. The lowest BCUT2D eigenvalue weighted by molar-refractivity contribution is -0.119. The first-order chi connectivity index (χ1) is 14.7. The maximum Gasteiger partial charge on any atom is 0.260 e. The van der Waals surface area contributed by atoms with Crippen LogP contribution in [0.1, 0.15) is 17.0 Å². The molecule has 0 saturated heterocycles. The number of carbonyl (C=O) groups is 1. The monoisotopic (exact) mass is 442 g/mol. The fourth-order valence-corrected chi connectivity index (χ4v) is 4.10. The maximum atomic E-state index is 13.1. The van der Waals surface area contributed by atoms with Gasteiger partial charge in [0.1, 0.15) is 12.4 Å². The third kappa shape index (κ3) is 5.37. The Kier molecular flexibility index (Phi) is 6.55. The van der Waals surface area contributed by atoms with E-state index < -0.39 is 28.3 Å². The summed E-state index contributed by atoms with van der Waals surface area (Å²) in [5, 5.41) is 3.97. The third-order valence-electron chi connectivity index (χ3n) is 4.68. The van der Waals surface area contributed by atoms with Crippen LogP contribution < -0.4 is 9.73 Å². The summed E-state index contributed by atoms with van der Waals surface area (Å²) in [5.74, 6) is -1.12. The molecule has 0 saturated carbocycles. The molecule has 1 aromatic heterocycles. The second-order valence-electron chi connectivity index (χ2n) is 7.04. The number of amides is 1. The Morgan fingerprint density at radius 1 is 1.13 bits per heavy atom. The zero-order valence-corrected chi connectivity index (χ0v) is 18.2. The second kappa shape index (κ2) is 9.13. The number of sulfonamides is 1. The van der Waals surface area contributed by atoms with Gasteiger partial charge in [0, 0.05) is 22.6 Å². The second-order valence-corrected chi connectivity index (χ2v) is 8.94. The number of benzene rings is 2. The molecule has 0 bridgehead atoms. The summed E-state index contributed by atoms with van der Waals surface area (Å²) in [6.07, 6.45) is 2.49. The van der Waals surface area contributed by atoms with Crippen LogP contribution in [0, 0.1) is 19.7 Å². The van der Waals surface area contributed by atoms with E-state index in [-0.39, 0.29) is 5.69 Å². The highest BCUT2D eigenvalue weighted by Gasteiger charge is 2.20. The number of hydrogen-bond acceptors (Lipinski definition) is 4. The van der Waals surface area contributed by atoms with Crippen molar-refractivity contribution in [2.24, 2.45) is 5.10 Å². The van der Waals surface area contributed by atoms with E-state index in [9.17, 15) is 17.6 Å². The Bertz CT molecular complexity index is 1200. The minimum Gasteiger partial charge on any atom is -0.318 e. The first-order valence-corrected chi connectivity index (χ1v) is 11.3. The topological polar surface area (TPSA) is 83.8 Å². The van der Waals surface area contributed by atoms with Crippen LogP contribution in [0.3, 0.4) is 0 Å². The number of hydrogen-bond donors (Lipinski definition) is 1. The predicted octanol–water partition coefficient (Wildman–Crippen LogP) is 3.15. The summed E-state index contributed by atoms with van der Waals surface area (Å²) < 4.78 is 40.3. The Labute approximate surface area is 180 Å². The van der Waals surface area contributed by atoms with E-state index in [1.54, 1.807) is 0 Å². The molecule has 0 atom stereocenters. The zero-order chi connectivity index (χ0) is 22.6. The molecule has 3 rings (SSSR count). The van der Waals surface area contributed by atoms with E-state index in [0.717, 1.165) is 45.3 Å². The van der Waals surface area contributed by atoms with Gasteiger partial charge in [-0.25, -0.2) is 18.2 Å². The van der Waals surface area contributed by atoms with Gasteiger partial charge in [-0.05, 0) is 56.3 Å². The van der Waals surface area contributed by atoms with Crippen LogP contribution in [-0.4, -0.2) is 37.9 Å². The first kappa shape index (κ1) is 22.2. The van der Waals surface area contributed by atoms with Gasteiger partial charge in [-0.3, -0.25) is 9.10 Å². The molecule has 0 radical (unpaired) electrons. The fraction of sp³-hybridized carbons (Fsp3) is 0.182. The highest BCUT2D eigenvalue weighted by Crippen LogP contribution is 2.20. The smallest absolute Gasteiger partial charge is 0.260 e. The van der Waals surface area contributed by atoms with Crippen LogP contribution in [0.4, 0.5) is 10.1 Å². The lowest BCUT2D eigenvalue weighted by atomic mass is 10.2. The number of para-hydroxylation sites is 1. The van der Waals surface area contributed by atoms with Gasteiger partial charge in [0.05, 0.1) is 18.2 Å². The minimum atomic E-state index is -3.75. The van der Waals surface area contributed by atoms with Crippen molar-refractivity contribution in [2.75, 3.05) is 17.1 Å².